The molecule has 116 valence electrons. The predicted octanol–water partition coefficient (Wildman–Crippen LogP) is 3.10. The lowest BCUT2D eigenvalue weighted by molar-refractivity contribution is -0.139. The Balaban J connectivity index is 2.18. The highest BCUT2D eigenvalue weighted by Gasteiger charge is 2.21. The standard InChI is InChI=1S/C16H18N2O3S/c1-3-4-14(16(20)21)18-15(19)12-5-6-13(17-10(12)2)11-7-8-22-9-11/h5-9,14H,3-4H2,1-2H3,(H,18,19)(H,20,21). The van der Waals surface area contributed by atoms with E-state index in [-0.39, 0.29) is 0 Å². The van der Waals surface area contributed by atoms with E-state index in [1.807, 2.05) is 23.8 Å². The maximum absolute atomic E-state index is 12.2. The van der Waals surface area contributed by atoms with Crippen LogP contribution in [0.1, 0.15) is 35.8 Å². The van der Waals surface area contributed by atoms with E-state index in [1.165, 1.54) is 0 Å². The lowest BCUT2D eigenvalue weighted by Crippen LogP contribution is -2.40. The zero-order valence-electron chi connectivity index (χ0n) is 12.5. The number of aliphatic carboxylic acids is 1. The van der Waals surface area contributed by atoms with E-state index in [0.29, 0.717) is 24.1 Å². The number of carboxylic acid groups (broad SMARTS) is 1. The van der Waals surface area contributed by atoms with E-state index in [0.717, 1.165) is 11.3 Å². The summed E-state index contributed by atoms with van der Waals surface area (Å²) in [4.78, 5) is 27.8. The van der Waals surface area contributed by atoms with Crippen molar-refractivity contribution in [2.75, 3.05) is 0 Å². The number of nitrogens with zero attached hydrogens (tertiary/aromatic N) is 1. The normalized spacial score (nSPS) is 11.9. The van der Waals surface area contributed by atoms with Crippen LogP contribution in [0.5, 0.6) is 0 Å². The first kappa shape index (κ1) is 16.2. The fourth-order valence-corrected chi connectivity index (χ4v) is 2.80. The van der Waals surface area contributed by atoms with Crippen LogP contribution in [0, 0.1) is 6.92 Å². The van der Waals surface area contributed by atoms with Gasteiger partial charge in [-0.25, -0.2) is 4.79 Å². The Labute approximate surface area is 133 Å². The third-order valence-corrected chi connectivity index (χ3v) is 4.01. The van der Waals surface area contributed by atoms with Crippen molar-refractivity contribution >= 4 is 23.2 Å². The number of pyridine rings is 1. The number of carboxylic acids is 1. The molecule has 0 bridgehead atoms. The number of hydrogen-bond donors (Lipinski definition) is 2. The molecular weight excluding hydrogens is 300 g/mol. The third kappa shape index (κ3) is 3.71. The summed E-state index contributed by atoms with van der Waals surface area (Å²) >= 11 is 1.58. The fraction of sp³-hybridized carbons (Fsp3) is 0.312. The van der Waals surface area contributed by atoms with Gasteiger partial charge in [-0.05, 0) is 36.9 Å². The van der Waals surface area contributed by atoms with E-state index in [4.69, 9.17) is 5.11 Å². The summed E-state index contributed by atoms with van der Waals surface area (Å²) < 4.78 is 0. The van der Waals surface area contributed by atoms with Crippen molar-refractivity contribution in [1.29, 1.82) is 0 Å². The number of amides is 1. The van der Waals surface area contributed by atoms with Gasteiger partial charge in [0.15, 0.2) is 0 Å². The van der Waals surface area contributed by atoms with Gasteiger partial charge in [-0.3, -0.25) is 9.78 Å². The first-order chi connectivity index (χ1) is 10.5. The second kappa shape index (κ2) is 7.17. The van der Waals surface area contributed by atoms with Gasteiger partial charge in [0.2, 0.25) is 0 Å². The monoisotopic (exact) mass is 318 g/mol. The van der Waals surface area contributed by atoms with Crippen molar-refractivity contribution in [1.82, 2.24) is 10.3 Å². The molecule has 2 aromatic heterocycles. The summed E-state index contributed by atoms with van der Waals surface area (Å²) in [6.07, 6.45) is 1.09. The lowest BCUT2D eigenvalue weighted by atomic mass is 10.1. The maximum Gasteiger partial charge on any atom is 0.326 e. The highest BCUT2D eigenvalue weighted by molar-refractivity contribution is 7.08. The van der Waals surface area contributed by atoms with Crippen LogP contribution in [0.2, 0.25) is 0 Å². The van der Waals surface area contributed by atoms with Crippen LogP contribution in [0.25, 0.3) is 11.3 Å². The van der Waals surface area contributed by atoms with Crippen LogP contribution in [0.3, 0.4) is 0 Å². The van der Waals surface area contributed by atoms with Crippen LogP contribution >= 0.6 is 11.3 Å². The topological polar surface area (TPSA) is 79.3 Å². The molecule has 0 aliphatic rings. The van der Waals surface area contributed by atoms with Gasteiger partial charge in [-0.15, -0.1) is 0 Å². The van der Waals surface area contributed by atoms with Crippen molar-refractivity contribution in [2.45, 2.75) is 32.7 Å². The number of rotatable bonds is 6. The second-order valence-electron chi connectivity index (χ2n) is 4.99. The Morgan fingerprint density at radius 2 is 2.14 bits per heavy atom. The zero-order chi connectivity index (χ0) is 16.1. The van der Waals surface area contributed by atoms with E-state index >= 15 is 0 Å². The molecule has 0 aliphatic carbocycles. The molecule has 2 heterocycles. The smallest absolute Gasteiger partial charge is 0.326 e. The van der Waals surface area contributed by atoms with Gasteiger partial charge < -0.3 is 10.4 Å². The van der Waals surface area contributed by atoms with Crippen LogP contribution in [-0.2, 0) is 4.79 Å². The predicted molar refractivity (Wildman–Crippen MR) is 86.1 cm³/mol. The highest BCUT2D eigenvalue weighted by Crippen LogP contribution is 2.21. The Morgan fingerprint density at radius 1 is 1.36 bits per heavy atom. The Bertz CT molecular complexity index is 668. The molecule has 0 radical (unpaired) electrons. The molecule has 1 amide bonds. The largest absolute Gasteiger partial charge is 0.480 e. The van der Waals surface area contributed by atoms with Crippen molar-refractivity contribution < 1.29 is 14.7 Å². The highest BCUT2D eigenvalue weighted by atomic mass is 32.1. The van der Waals surface area contributed by atoms with Gasteiger partial charge in [-0.1, -0.05) is 13.3 Å². The molecule has 0 saturated carbocycles. The van der Waals surface area contributed by atoms with Crippen molar-refractivity contribution in [2.24, 2.45) is 0 Å². The summed E-state index contributed by atoms with van der Waals surface area (Å²) in [6.45, 7) is 3.63. The molecule has 0 saturated heterocycles. The van der Waals surface area contributed by atoms with Gasteiger partial charge >= 0.3 is 5.97 Å². The minimum Gasteiger partial charge on any atom is -0.480 e. The summed E-state index contributed by atoms with van der Waals surface area (Å²) in [5, 5.41) is 15.6. The van der Waals surface area contributed by atoms with Crippen molar-refractivity contribution in [3.05, 3.63) is 40.2 Å². The Morgan fingerprint density at radius 3 is 2.68 bits per heavy atom. The van der Waals surface area contributed by atoms with E-state index in [1.54, 1.807) is 30.4 Å². The van der Waals surface area contributed by atoms with Gasteiger partial charge in [0, 0.05) is 10.9 Å². The number of thiophene rings is 1. The molecule has 22 heavy (non-hydrogen) atoms. The van der Waals surface area contributed by atoms with E-state index in [9.17, 15) is 9.59 Å². The maximum atomic E-state index is 12.2. The van der Waals surface area contributed by atoms with Gasteiger partial charge in [0.05, 0.1) is 17.0 Å². The first-order valence-electron chi connectivity index (χ1n) is 7.06. The molecule has 6 heteroatoms. The quantitative estimate of drug-likeness (QED) is 0.857. The number of aryl methyl sites for hydroxylation is 1. The van der Waals surface area contributed by atoms with Crippen molar-refractivity contribution in [3.63, 3.8) is 0 Å². The molecule has 2 rings (SSSR count). The Hall–Kier alpha value is -2.21. The van der Waals surface area contributed by atoms with Gasteiger partial charge in [-0.2, -0.15) is 11.3 Å². The van der Waals surface area contributed by atoms with E-state index in [2.05, 4.69) is 10.3 Å². The number of carbonyl (C=O) groups excluding carboxylic acids is 1. The minimum absolute atomic E-state index is 0.400. The van der Waals surface area contributed by atoms with Crippen LogP contribution < -0.4 is 5.32 Å². The fourth-order valence-electron chi connectivity index (χ4n) is 2.15. The molecule has 0 fully saturated rings. The van der Waals surface area contributed by atoms with Gasteiger partial charge in [0.25, 0.3) is 5.91 Å². The second-order valence-corrected chi connectivity index (χ2v) is 5.77. The first-order valence-corrected chi connectivity index (χ1v) is 8.01. The Kier molecular flexibility index (Phi) is 5.27. The molecule has 0 aromatic carbocycles. The van der Waals surface area contributed by atoms with E-state index < -0.39 is 17.9 Å². The molecule has 1 unspecified atom stereocenters. The molecule has 2 aromatic rings. The molecule has 2 N–H and O–H groups in total. The number of aromatic nitrogens is 1. The van der Waals surface area contributed by atoms with Crippen LogP contribution in [0.4, 0.5) is 0 Å². The zero-order valence-corrected chi connectivity index (χ0v) is 13.3. The summed E-state index contributed by atoms with van der Waals surface area (Å²) in [7, 11) is 0. The summed E-state index contributed by atoms with van der Waals surface area (Å²) in [5.74, 6) is -1.42. The summed E-state index contributed by atoms with van der Waals surface area (Å²) in [5.41, 5.74) is 2.80. The molecule has 0 aliphatic heterocycles. The summed E-state index contributed by atoms with van der Waals surface area (Å²) in [6, 6.07) is 4.57. The molecule has 0 spiro atoms. The van der Waals surface area contributed by atoms with Crippen molar-refractivity contribution in [3.8, 4) is 11.3 Å². The number of carbonyl (C=O) groups is 2. The average molecular weight is 318 g/mol. The van der Waals surface area contributed by atoms with Crippen LogP contribution in [0.15, 0.2) is 29.0 Å². The molecule has 1 atom stereocenters. The van der Waals surface area contributed by atoms with Gasteiger partial charge in [0.1, 0.15) is 6.04 Å². The SMILES string of the molecule is CCCC(NC(=O)c1ccc(-c2ccsc2)nc1C)C(=O)O. The minimum atomic E-state index is -1.02. The molecular formula is C16H18N2O3S. The molecule has 5 nitrogen and oxygen atoms in total. The lowest BCUT2D eigenvalue weighted by Gasteiger charge is -2.14. The third-order valence-electron chi connectivity index (χ3n) is 3.33. The number of nitrogens with one attached hydrogen (secondary N) is 1. The van der Waals surface area contributed by atoms with Crippen LogP contribution in [-0.4, -0.2) is 28.0 Å². The average Bonchev–Trinajstić information content (AvgIpc) is 3.00. The number of hydrogen-bond acceptors (Lipinski definition) is 4.